The third kappa shape index (κ3) is 10.8. The number of hydrogen-bond donors (Lipinski definition) is 6. The average molecular weight is 1000 g/mol. The fourth-order valence-electron chi connectivity index (χ4n) is 10.6. The molecule has 1 aliphatic carbocycles. The minimum absolute atomic E-state index is 0.131. The summed E-state index contributed by atoms with van der Waals surface area (Å²) in [6.45, 7) is 3.95. The van der Waals surface area contributed by atoms with E-state index < -0.39 is 5.56 Å². The highest BCUT2D eigenvalue weighted by Gasteiger charge is 2.32. The number of thiazole rings is 1. The lowest BCUT2D eigenvalue weighted by Crippen LogP contribution is -2.39. The minimum atomic E-state index is -0.408. The minimum Gasteiger partial charge on any atom is -0.393 e. The van der Waals surface area contributed by atoms with Crippen molar-refractivity contribution in [1.29, 1.82) is 0 Å². The third-order valence-electron chi connectivity index (χ3n) is 14.5. The Balaban J connectivity index is 0.715. The summed E-state index contributed by atoms with van der Waals surface area (Å²) in [5, 5.41) is 23.5. The number of carbonyl (C=O) groups excluding carboxylic acids is 3. The molecule has 1 saturated carbocycles. The lowest BCUT2D eigenvalue weighted by molar-refractivity contribution is -0.121. The van der Waals surface area contributed by atoms with E-state index in [0.717, 1.165) is 98.3 Å². The van der Waals surface area contributed by atoms with Crippen LogP contribution < -0.4 is 36.6 Å². The van der Waals surface area contributed by atoms with Gasteiger partial charge in [-0.1, -0.05) is 35.6 Å². The van der Waals surface area contributed by atoms with Gasteiger partial charge < -0.3 is 41.2 Å². The van der Waals surface area contributed by atoms with E-state index in [9.17, 15) is 24.3 Å². The van der Waals surface area contributed by atoms with Gasteiger partial charge in [-0.3, -0.25) is 29.1 Å². The van der Waals surface area contributed by atoms with Crippen LogP contribution in [0.3, 0.4) is 0 Å². The van der Waals surface area contributed by atoms with Crippen LogP contribution in [0.25, 0.3) is 21.5 Å². The zero-order valence-electron chi connectivity index (χ0n) is 40.5. The molecule has 3 saturated heterocycles. The highest BCUT2D eigenvalue weighted by molar-refractivity contribution is 7.22. The first kappa shape index (κ1) is 47.7. The number of aromatic amines is 1. The van der Waals surface area contributed by atoms with E-state index in [4.69, 9.17) is 15.0 Å². The zero-order chi connectivity index (χ0) is 50.0. The number of fused-ring (bicyclic) bond motifs is 1. The molecule has 0 spiro atoms. The van der Waals surface area contributed by atoms with Crippen molar-refractivity contribution in [3.05, 3.63) is 130 Å². The Morgan fingerprint density at radius 1 is 0.822 bits per heavy atom. The number of benzene rings is 3. The molecule has 3 aliphatic heterocycles. The van der Waals surface area contributed by atoms with E-state index in [1.165, 1.54) is 21.8 Å². The van der Waals surface area contributed by atoms with Gasteiger partial charge in [0.2, 0.25) is 17.8 Å². The van der Waals surface area contributed by atoms with Crippen molar-refractivity contribution in [3.63, 3.8) is 0 Å². The highest BCUT2D eigenvalue weighted by atomic mass is 32.1. The number of rotatable bonds is 15. The van der Waals surface area contributed by atoms with Crippen molar-refractivity contribution in [2.75, 3.05) is 64.3 Å². The smallest absolute Gasteiger partial charge is 0.271 e. The maximum Gasteiger partial charge on any atom is 0.271 e. The van der Waals surface area contributed by atoms with Crippen LogP contribution in [0.5, 0.6) is 0 Å². The predicted octanol–water partition coefficient (Wildman–Crippen LogP) is 7.69. The van der Waals surface area contributed by atoms with Crippen molar-refractivity contribution in [1.82, 2.24) is 34.8 Å². The number of anilines is 7. The van der Waals surface area contributed by atoms with Gasteiger partial charge in [-0.15, -0.1) is 0 Å². The molecule has 18 nitrogen and oxygen atoms in total. The van der Waals surface area contributed by atoms with Gasteiger partial charge in [0.25, 0.3) is 11.5 Å². The van der Waals surface area contributed by atoms with Gasteiger partial charge in [0.1, 0.15) is 17.3 Å². The Bertz CT molecular complexity index is 3210. The number of hydrogen-bond acceptors (Lipinski definition) is 16. The van der Waals surface area contributed by atoms with Crippen LogP contribution in [0.15, 0.2) is 102 Å². The van der Waals surface area contributed by atoms with E-state index in [1.807, 2.05) is 42.5 Å². The Labute approximate surface area is 425 Å². The van der Waals surface area contributed by atoms with Crippen LogP contribution in [0.1, 0.15) is 90.9 Å². The quantitative estimate of drug-likeness (QED) is 0.0542. The highest BCUT2D eigenvalue weighted by Crippen LogP contribution is 2.35. The third-order valence-corrected chi connectivity index (χ3v) is 15.4. The molecule has 374 valence electrons. The number of aliphatic hydroxyl groups is 1. The number of aliphatic hydroxyl groups excluding tert-OH is 1. The van der Waals surface area contributed by atoms with Crippen molar-refractivity contribution in [2.45, 2.75) is 88.3 Å². The summed E-state index contributed by atoms with van der Waals surface area (Å²) < 4.78 is 0.850. The molecule has 0 radical (unpaired) electrons. The first-order valence-corrected chi connectivity index (χ1v) is 26.0. The molecular formula is C54H57N13O5S. The molecule has 7 aromatic rings. The first-order chi connectivity index (χ1) is 35.6. The van der Waals surface area contributed by atoms with Crippen LogP contribution in [0.4, 0.5) is 39.8 Å². The molecule has 19 heteroatoms. The fraction of sp³-hybridized carbons (Fsp3) is 0.352. The van der Waals surface area contributed by atoms with Crippen molar-refractivity contribution < 1.29 is 19.5 Å². The summed E-state index contributed by atoms with van der Waals surface area (Å²) in [5.74, 6) is 1.41. The van der Waals surface area contributed by atoms with Crippen LogP contribution in [-0.2, 0) is 16.0 Å². The molecule has 4 fully saturated rings. The molecule has 2 atom stereocenters. The molecule has 4 aromatic heterocycles. The van der Waals surface area contributed by atoms with Gasteiger partial charge in [-0.2, -0.15) is 4.98 Å². The van der Waals surface area contributed by atoms with E-state index in [2.05, 4.69) is 70.3 Å². The second-order valence-electron chi connectivity index (χ2n) is 19.5. The second-order valence-corrected chi connectivity index (χ2v) is 20.5. The normalized spacial score (nSPS) is 20.2. The summed E-state index contributed by atoms with van der Waals surface area (Å²) in [4.78, 5) is 83.2. The van der Waals surface area contributed by atoms with Gasteiger partial charge in [0.05, 0.1) is 45.8 Å². The van der Waals surface area contributed by atoms with E-state index in [0.29, 0.717) is 63.6 Å². The van der Waals surface area contributed by atoms with Gasteiger partial charge in [-0.25, -0.2) is 15.0 Å². The van der Waals surface area contributed by atoms with Crippen molar-refractivity contribution in [2.24, 2.45) is 0 Å². The number of nitrogens with zero attached hydrogens (tertiary/aromatic N) is 8. The Kier molecular flexibility index (Phi) is 13.6. The van der Waals surface area contributed by atoms with Crippen molar-refractivity contribution >= 4 is 79.1 Å². The van der Waals surface area contributed by atoms with Crippen LogP contribution in [0.2, 0.25) is 0 Å². The number of likely N-dealkylation sites (tertiary alicyclic amines) is 1. The molecule has 11 rings (SSSR count). The van der Waals surface area contributed by atoms with E-state index in [1.54, 1.807) is 37.8 Å². The molecule has 4 aliphatic rings. The second kappa shape index (κ2) is 20.9. The number of H-pyrrole nitrogens is 1. The first-order valence-electron chi connectivity index (χ1n) is 25.2. The molecule has 3 amide bonds. The number of pyridine rings is 1. The Morgan fingerprint density at radius 2 is 1.62 bits per heavy atom. The number of carbonyl (C=O) groups is 3. The van der Waals surface area contributed by atoms with Crippen LogP contribution in [-0.4, -0.2) is 109 Å². The SMILES string of the molecule is CNc1cncc(-c2c[nH]c(=O)c(NC(=O)c3ccc(N4CCC[C@H]4CN4CCC(c5ccc(Cc6cc(Nc7nc8ccc(N9C(=O)CCC9=O)cc8s7)nc(NC7CCC(O)CC7)n6)cc5)C4)cc3)c2)n1. The summed E-state index contributed by atoms with van der Waals surface area (Å²) in [7, 11) is 1.75. The maximum atomic E-state index is 13.4. The molecule has 0 bridgehead atoms. The summed E-state index contributed by atoms with van der Waals surface area (Å²) >= 11 is 1.43. The summed E-state index contributed by atoms with van der Waals surface area (Å²) in [6, 6.07) is 26.1. The Morgan fingerprint density at radius 3 is 2.41 bits per heavy atom. The summed E-state index contributed by atoms with van der Waals surface area (Å²) in [6.07, 6.45) is 12.0. The van der Waals surface area contributed by atoms with Gasteiger partial charge >= 0.3 is 0 Å². The fourth-order valence-corrected chi connectivity index (χ4v) is 11.5. The number of nitrogens with one attached hydrogen (secondary N) is 5. The Hall–Kier alpha value is -7.61. The molecular weight excluding hydrogens is 943 g/mol. The lowest BCUT2D eigenvalue weighted by Gasteiger charge is -2.30. The standard InChI is InChI=1S/C54H57N13O5S/c1-55-48-29-56-28-45(60-48)36-24-44(52(72)57-27-36)61-51(71)34-8-12-39(13-9-34)66-21-2-3-41(66)31-65-22-20-35(30-65)33-6-4-32(5-7-33)23-38-25-47(63-53(59-38)58-37-10-15-42(68)16-11-37)64-54-62-43-17-14-40(26-46(43)73-54)67-49(69)18-19-50(67)70/h4-9,12-14,17,24-29,35,37,41-42,68H,2-3,10-11,15-16,18-23,30-31H2,1H3,(H,55,60)(H,57,72)(H,61,71)(H2,58,59,62,63,64)/t35?,37?,41-,42?/m0/s1. The maximum absolute atomic E-state index is 13.4. The number of aromatic nitrogens is 6. The van der Waals surface area contributed by atoms with Crippen LogP contribution >= 0.6 is 11.3 Å². The topological polar surface area (TPSA) is 227 Å². The molecule has 1 unspecified atom stereocenters. The molecule has 6 N–H and O–H groups in total. The largest absolute Gasteiger partial charge is 0.393 e. The monoisotopic (exact) mass is 999 g/mol. The van der Waals surface area contributed by atoms with E-state index in [-0.39, 0.29) is 48.4 Å². The predicted molar refractivity (Wildman–Crippen MR) is 284 cm³/mol. The molecule has 7 heterocycles. The summed E-state index contributed by atoms with van der Waals surface area (Å²) in [5.41, 5.74) is 7.09. The lowest BCUT2D eigenvalue weighted by atomic mass is 9.93. The number of imide groups is 1. The van der Waals surface area contributed by atoms with Crippen molar-refractivity contribution in [3.8, 4) is 11.3 Å². The zero-order valence-corrected chi connectivity index (χ0v) is 41.3. The van der Waals surface area contributed by atoms with E-state index >= 15 is 0 Å². The molecule has 73 heavy (non-hydrogen) atoms. The van der Waals surface area contributed by atoms with Gasteiger partial charge in [0, 0.05) is 87.1 Å². The number of amides is 3. The molecule has 3 aromatic carbocycles. The average Bonchev–Trinajstić information content (AvgIpc) is 4.23. The van der Waals surface area contributed by atoms with Crippen LogP contribution in [0, 0.1) is 0 Å². The van der Waals surface area contributed by atoms with Gasteiger partial charge in [-0.05, 0) is 117 Å². The van der Waals surface area contributed by atoms with Gasteiger partial charge in [0.15, 0.2) is 5.13 Å².